The quantitative estimate of drug-likeness (QED) is 0.712. The number of hydrogen-bond donors (Lipinski definition) is 1. The Bertz CT molecular complexity index is 906. The Morgan fingerprint density at radius 1 is 1.13 bits per heavy atom. The number of nitrogens with one attached hydrogen (secondary N) is 1. The molecular weight excluding hydrogens is 385 g/mol. The van der Waals surface area contributed by atoms with Gasteiger partial charge in [0, 0.05) is 50.4 Å². The fourth-order valence-electron chi connectivity index (χ4n) is 3.43. The van der Waals surface area contributed by atoms with Crippen molar-refractivity contribution in [1.29, 1.82) is 0 Å². The van der Waals surface area contributed by atoms with Crippen LogP contribution in [-0.4, -0.2) is 54.9 Å². The lowest BCUT2D eigenvalue weighted by molar-refractivity contribution is -0.116. The van der Waals surface area contributed by atoms with Gasteiger partial charge in [-0.2, -0.15) is 0 Å². The van der Waals surface area contributed by atoms with Crippen LogP contribution >= 0.6 is 0 Å². The van der Waals surface area contributed by atoms with Gasteiger partial charge in [0.15, 0.2) is 0 Å². The molecule has 30 heavy (non-hydrogen) atoms. The molecule has 158 valence electrons. The van der Waals surface area contributed by atoms with Crippen LogP contribution in [0.15, 0.2) is 55.1 Å². The Kier molecular flexibility index (Phi) is 7.19. The standard InChI is InChI=1S/C23H26FN3O3/c1-3-22(28)25-15-17-4-6-18(7-5-17)23(29)27-12-10-26(11-13-27)16-19-14-20(24)8-9-21(19)30-2/h3-9,14H,1,10-13,15-16H2,2H3,(H,25,28). The van der Waals surface area contributed by atoms with Crippen molar-refractivity contribution in [2.24, 2.45) is 0 Å². The van der Waals surface area contributed by atoms with Crippen LogP contribution in [0.2, 0.25) is 0 Å². The van der Waals surface area contributed by atoms with E-state index >= 15 is 0 Å². The third-order valence-corrected chi connectivity index (χ3v) is 5.15. The van der Waals surface area contributed by atoms with Gasteiger partial charge in [0.1, 0.15) is 11.6 Å². The zero-order valence-corrected chi connectivity index (χ0v) is 17.1. The summed E-state index contributed by atoms with van der Waals surface area (Å²) in [4.78, 5) is 28.0. The molecule has 1 aliphatic rings. The summed E-state index contributed by atoms with van der Waals surface area (Å²) >= 11 is 0. The average molecular weight is 411 g/mol. The van der Waals surface area contributed by atoms with E-state index in [1.54, 1.807) is 25.3 Å². The summed E-state index contributed by atoms with van der Waals surface area (Å²) in [5.74, 6) is 0.134. The monoisotopic (exact) mass is 411 g/mol. The maximum Gasteiger partial charge on any atom is 0.253 e. The number of amides is 2. The molecule has 7 heteroatoms. The van der Waals surface area contributed by atoms with Crippen molar-refractivity contribution >= 4 is 11.8 Å². The van der Waals surface area contributed by atoms with E-state index in [1.807, 2.05) is 17.0 Å². The first-order chi connectivity index (χ1) is 14.5. The zero-order valence-electron chi connectivity index (χ0n) is 17.1. The van der Waals surface area contributed by atoms with Crippen LogP contribution in [0.3, 0.4) is 0 Å². The summed E-state index contributed by atoms with van der Waals surface area (Å²) in [6.07, 6.45) is 1.22. The molecule has 2 aromatic rings. The SMILES string of the molecule is C=CC(=O)NCc1ccc(C(=O)N2CCN(Cc3cc(F)ccc3OC)CC2)cc1. The number of ether oxygens (including phenoxy) is 1. The van der Waals surface area contributed by atoms with Gasteiger partial charge in [-0.05, 0) is 42.0 Å². The third kappa shape index (κ3) is 5.45. The molecule has 0 spiro atoms. The van der Waals surface area contributed by atoms with Gasteiger partial charge < -0.3 is 15.0 Å². The maximum atomic E-state index is 13.6. The molecule has 0 atom stereocenters. The summed E-state index contributed by atoms with van der Waals surface area (Å²) in [5.41, 5.74) is 2.33. The van der Waals surface area contributed by atoms with E-state index in [9.17, 15) is 14.0 Å². The molecule has 2 aromatic carbocycles. The number of benzene rings is 2. The number of halogens is 1. The van der Waals surface area contributed by atoms with Gasteiger partial charge in [-0.15, -0.1) is 0 Å². The molecule has 0 unspecified atom stereocenters. The first-order valence-corrected chi connectivity index (χ1v) is 9.83. The molecule has 2 amide bonds. The van der Waals surface area contributed by atoms with E-state index in [4.69, 9.17) is 4.74 Å². The van der Waals surface area contributed by atoms with Gasteiger partial charge in [-0.3, -0.25) is 14.5 Å². The molecule has 6 nitrogen and oxygen atoms in total. The topological polar surface area (TPSA) is 61.9 Å². The van der Waals surface area contributed by atoms with E-state index in [2.05, 4.69) is 16.8 Å². The van der Waals surface area contributed by atoms with Crippen LogP contribution in [0, 0.1) is 5.82 Å². The van der Waals surface area contributed by atoms with E-state index < -0.39 is 0 Å². The molecule has 3 rings (SSSR count). The normalized spacial score (nSPS) is 14.3. The largest absolute Gasteiger partial charge is 0.496 e. The van der Waals surface area contributed by atoms with Crippen molar-refractivity contribution in [2.75, 3.05) is 33.3 Å². The Hall–Kier alpha value is -3.19. The zero-order chi connectivity index (χ0) is 21.5. The van der Waals surface area contributed by atoms with Crippen molar-refractivity contribution in [3.05, 3.63) is 77.6 Å². The molecule has 1 N–H and O–H groups in total. The highest BCUT2D eigenvalue weighted by molar-refractivity contribution is 5.94. The van der Waals surface area contributed by atoms with Crippen molar-refractivity contribution < 1.29 is 18.7 Å². The molecule has 1 aliphatic heterocycles. The van der Waals surface area contributed by atoms with Gasteiger partial charge in [-0.1, -0.05) is 18.7 Å². The molecule has 0 radical (unpaired) electrons. The van der Waals surface area contributed by atoms with Crippen molar-refractivity contribution in [2.45, 2.75) is 13.1 Å². The summed E-state index contributed by atoms with van der Waals surface area (Å²) in [6, 6.07) is 11.7. The second kappa shape index (κ2) is 10.0. The van der Waals surface area contributed by atoms with Gasteiger partial charge in [0.25, 0.3) is 5.91 Å². The van der Waals surface area contributed by atoms with Crippen LogP contribution < -0.4 is 10.1 Å². The van der Waals surface area contributed by atoms with E-state index in [0.717, 1.165) is 11.1 Å². The van der Waals surface area contributed by atoms with E-state index in [0.29, 0.717) is 50.6 Å². The smallest absolute Gasteiger partial charge is 0.253 e. The van der Waals surface area contributed by atoms with Crippen LogP contribution in [0.5, 0.6) is 5.75 Å². The first-order valence-electron chi connectivity index (χ1n) is 9.83. The molecule has 1 heterocycles. The Labute approximate surface area is 175 Å². The van der Waals surface area contributed by atoms with Crippen molar-refractivity contribution in [1.82, 2.24) is 15.1 Å². The molecule has 0 aromatic heterocycles. The second-order valence-corrected chi connectivity index (χ2v) is 7.14. The minimum absolute atomic E-state index is 0.0142. The summed E-state index contributed by atoms with van der Waals surface area (Å²) in [6.45, 7) is 7.00. The fourth-order valence-corrected chi connectivity index (χ4v) is 3.43. The second-order valence-electron chi connectivity index (χ2n) is 7.14. The minimum Gasteiger partial charge on any atom is -0.496 e. The highest BCUT2D eigenvalue weighted by Crippen LogP contribution is 2.22. The first kappa shape index (κ1) is 21.5. The highest BCUT2D eigenvalue weighted by atomic mass is 19.1. The maximum absolute atomic E-state index is 13.6. The number of hydrogen-bond acceptors (Lipinski definition) is 4. The molecule has 0 saturated carbocycles. The lowest BCUT2D eigenvalue weighted by Gasteiger charge is -2.35. The van der Waals surface area contributed by atoms with Crippen LogP contribution in [-0.2, 0) is 17.9 Å². The molecule has 0 aliphatic carbocycles. The number of methoxy groups -OCH3 is 1. The summed E-state index contributed by atoms with van der Waals surface area (Å²) in [7, 11) is 1.58. The Morgan fingerprint density at radius 2 is 1.83 bits per heavy atom. The Balaban J connectivity index is 1.53. The minimum atomic E-state index is -0.285. The number of nitrogens with zero attached hydrogens (tertiary/aromatic N) is 2. The highest BCUT2D eigenvalue weighted by Gasteiger charge is 2.23. The van der Waals surface area contributed by atoms with Crippen LogP contribution in [0.25, 0.3) is 0 Å². The van der Waals surface area contributed by atoms with Gasteiger partial charge in [-0.25, -0.2) is 4.39 Å². The predicted molar refractivity (Wildman–Crippen MR) is 113 cm³/mol. The fraction of sp³-hybridized carbons (Fsp3) is 0.304. The number of rotatable bonds is 7. The average Bonchev–Trinajstić information content (AvgIpc) is 2.78. The van der Waals surface area contributed by atoms with Crippen molar-refractivity contribution in [3.63, 3.8) is 0 Å². The van der Waals surface area contributed by atoms with Crippen LogP contribution in [0.1, 0.15) is 21.5 Å². The van der Waals surface area contributed by atoms with Gasteiger partial charge in [0.2, 0.25) is 5.91 Å². The predicted octanol–water partition coefficient (Wildman–Crippen LogP) is 2.59. The van der Waals surface area contributed by atoms with Crippen molar-refractivity contribution in [3.8, 4) is 5.75 Å². The summed E-state index contributed by atoms with van der Waals surface area (Å²) < 4.78 is 18.9. The number of carbonyl (C=O) groups excluding carboxylic acids is 2. The Morgan fingerprint density at radius 3 is 2.47 bits per heavy atom. The molecule has 0 bridgehead atoms. The molecule has 1 fully saturated rings. The molecule has 1 saturated heterocycles. The van der Waals surface area contributed by atoms with Crippen LogP contribution in [0.4, 0.5) is 4.39 Å². The lowest BCUT2D eigenvalue weighted by Crippen LogP contribution is -2.48. The summed E-state index contributed by atoms with van der Waals surface area (Å²) in [5, 5.41) is 2.71. The third-order valence-electron chi connectivity index (χ3n) is 5.15. The van der Waals surface area contributed by atoms with E-state index in [-0.39, 0.29) is 17.6 Å². The van der Waals surface area contributed by atoms with E-state index in [1.165, 1.54) is 18.2 Å². The van der Waals surface area contributed by atoms with Gasteiger partial charge in [0.05, 0.1) is 7.11 Å². The van der Waals surface area contributed by atoms with Gasteiger partial charge >= 0.3 is 0 Å². The lowest BCUT2D eigenvalue weighted by atomic mass is 10.1. The number of piperazine rings is 1. The molecular formula is C23H26FN3O3. The number of carbonyl (C=O) groups is 2.